The Bertz CT molecular complexity index is 1550. The Morgan fingerprint density at radius 3 is 2.46 bits per heavy atom. The molecule has 4 aliphatic heterocycles. The van der Waals surface area contributed by atoms with Gasteiger partial charge < -0.3 is 10.2 Å². The Balaban J connectivity index is 1.55. The number of likely N-dealkylation sites (N-methyl/N-ethyl adjacent to an activating group) is 1. The van der Waals surface area contributed by atoms with Crippen LogP contribution in [-0.2, 0) is 15.1 Å². The number of hydrogen-bond donors (Lipinski definition) is 1. The van der Waals surface area contributed by atoms with Crippen molar-refractivity contribution >= 4 is 46.7 Å². The highest BCUT2D eigenvalue weighted by Gasteiger charge is 2.78. The number of fused-ring (bicyclic) bond motifs is 5. The van der Waals surface area contributed by atoms with E-state index in [1.165, 1.54) is 0 Å². The number of ketones is 1. The molecule has 3 aromatic carbocycles. The molecule has 2 spiro atoms. The van der Waals surface area contributed by atoms with Crippen LogP contribution in [0.3, 0.4) is 0 Å². The van der Waals surface area contributed by atoms with Crippen molar-refractivity contribution in [3.63, 3.8) is 0 Å². The van der Waals surface area contributed by atoms with Crippen molar-refractivity contribution in [2.75, 3.05) is 32.0 Å². The first kappa shape index (κ1) is 25.0. The molecule has 39 heavy (non-hydrogen) atoms. The van der Waals surface area contributed by atoms with Crippen LogP contribution in [0.2, 0.25) is 10.0 Å². The van der Waals surface area contributed by atoms with Crippen molar-refractivity contribution in [3.8, 4) is 0 Å². The third-order valence-electron chi connectivity index (χ3n) is 9.32. The number of nitrogens with one attached hydrogen (secondary N) is 1. The number of benzene rings is 3. The highest BCUT2D eigenvalue weighted by molar-refractivity contribution is 6.32. The Hall–Kier alpha value is -2.96. The largest absolute Gasteiger partial charge is 0.324 e. The van der Waals surface area contributed by atoms with Crippen molar-refractivity contribution in [3.05, 3.63) is 105 Å². The number of carbonyl (C=O) groups is 2. The Kier molecular flexibility index (Phi) is 5.80. The molecule has 0 aliphatic carbocycles. The summed E-state index contributed by atoms with van der Waals surface area (Å²) in [6, 6.07) is 23.3. The number of amides is 1. The van der Waals surface area contributed by atoms with Gasteiger partial charge in [0.05, 0.1) is 5.41 Å². The zero-order valence-corrected chi connectivity index (χ0v) is 23.2. The third kappa shape index (κ3) is 3.28. The molecule has 4 atom stereocenters. The van der Waals surface area contributed by atoms with Gasteiger partial charge in [0, 0.05) is 51.9 Å². The summed E-state index contributed by atoms with van der Waals surface area (Å²) in [7, 11) is 2.04. The monoisotopic (exact) mass is 557 g/mol. The number of carbonyl (C=O) groups excluding carboxylic acids is 2. The lowest BCUT2D eigenvalue weighted by molar-refractivity contribution is -0.147. The fraction of sp³-hybridized carbons (Fsp3) is 0.312. The maximum Gasteiger partial charge on any atom is 0.250 e. The molecule has 198 valence electrons. The smallest absolute Gasteiger partial charge is 0.250 e. The third-order valence-corrected chi connectivity index (χ3v) is 10.0. The second-order valence-corrected chi connectivity index (χ2v) is 12.1. The zero-order valence-electron chi connectivity index (χ0n) is 21.7. The van der Waals surface area contributed by atoms with Gasteiger partial charge in [-0.1, -0.05) is 77.8 Å². The number of rotatable bonds is 2. The van der Waals surface area contributed by atoms with Gasteiger partial charge in [0.2, 0.25) is 0 Å². The van der Waals surface area contributed by atoms with Gasteiger partial charge in [0.25, 0.3) is 5.91 Å². The standard InChI is InChI=1S/C32H29Cl2N3O2/c1-36-18-21(17-20-9-2-5-12-24(20)33)29(38)31(19-36)28(22-10-3-6-13-25(22)34)27-15-8-16-37(27)32(31)23-11-4-7-14-26(23)35-30(32)39/h2-7,9-14,17,27-28H,8,15-16,18-19H2,1H3,(H,35,39)/b21-17+/t27-,28-,31-,32-/m0/s1. The van der Waals surface area contributed by atoms with Crippen LogP contribution in [0.1, 0.15) is 35.4 Å². The average molecular weight is 559 g/mol. The quantitative estimate of drug-likeness (QED) is 0.393. The van der Waals surface area contributed by atoms with Gasteiger partial charge in [0.15, 0.2) is 5.78 Å². The summed E-state index contributed by atoms with van der Waals surface area (Å²) in [4.78, 5) is 34.3. The summed E-state index contributed by atoms with van der Waals surface area (Å²) in [5.74, 6) is -0.381. The van der Waals surface area contributed by atoms with Gasteiger partial charge in [-0.25, -0.2) is 0 Å². The van der Waals surface area contributed by atoms with Crippen LogP contribution in [0, 0.1) is 5.41 Å². The van der Waals surface area contributed by atoms with Crippen LogP contribution in [0.4, 0.5) is 5.69 Å². The van der Waals surface area contributed by atoms with Crippen molar-refractivity contribution < 1.29 is 9.59 Å². The van der Waals surface area contributed by atoms with E-state index in [0.29, 0.717) is 28.7 Å². The fourth-order valence-corrected chi connectivity index (χ4v) is 8.59. The van der Waals surface area contributed by atoms with Gasteiger partial charge in [-0.15, -0.1) is 0 Å². The van der Waals surface area contributed by atoms with E-state index in [-0.39, 0.29) is 23.7 Å². The summed E-state index contributed by atoms with van der Waals surface area (Å²) in [5.41, 5.74) is 1.81. The predicted molar refractivity (Wildman–Crippen MR) is 155 cm³/mol. The molecule has 7 rings (SSSR count). The van der Waals surface area contributed by atoms with E-state index in [1.54, 1.807) is 0 Å². The molecule has 7 heteroatoms. The second kappa shape index (κ2) is 9.03. The zero-order chi connectivity index (χ0) is 26.9. The van der Waals surface area contributed by atoms with E-state index in [9.17, 15) is 4.79 Å². The van der Waals surface area contributed by atoms with Gasteiger partial charge in [-0.2, -0.15) is 0 Å². The van der Waals surface area contributed by atoms with E-state index in [0.717, 1.165) is 41.8 Å². The van der Waals surface area contributed by atoms with Crippen molar-refractivity contribution in [2.45, 2.75) is 30.3 Å². The van der Waals surface area contributed by atoms with Crippen LogP contribution in [0.5, 0.6) is 0 Å². The highest BCUT2D eigenvalue weighted by atomic mass is 35.5. The average Bonchev–Trinajstić information content (AvgIpc) is 3.57. The molecule has 0 bridgehead atoms. The van der Waals surface area contributed by atoms with E-state index in [2.05, 4.69) is 15.1 Å². The van der Waals surface area contributed by atoms with Gasteiger partial charge in [-0.05, 0) is 61.8 Å². The van der Waals surface area contributed by atoms with E-state index in [1.807, 2.05) is 85.9 Å². The first-order valence-corrected chi connectivity index (χ1v) is 14.3. The topological polar surface area (TPSA) is 52.7 Å². The van der Waals surface area contributed by atoms with E-state index in [4.69, 9.17) is 23.2 Å². The minimum absolute atomic E-state index is 0.00109. The molecule has 4 heterocycles. The summed E-state index contributed by atoms with van der Waals surface area (Å²) in [5, 5.41) is 4.41. The van der Waals surface area contributed by atoms with Crippen LogP contribution in [0.15, 0.2) is 78.4 Å². The summed E-state index contributed by atoms with van der Waals surface area (Å²) >= 11 is 13.5. The SMILES string of the molecule is CN1C/C(=C\c2ccccc2Cl)C(=O)[C@]2(C1)[C@@H](c1ccccc1Cl)[C@@H]1CCCN1[C@@]21C(=O)Nc2ccccc21. The van der Waals surface area contributed by atoms with Crippen LogP contribution >= 0.6 is 23.2 Å². The van der Waals surface area contributed by atoms with Gasteiger partial charge >= 0.3 is 0 Å². The molecule has 0 saturated carbocycles. The van der Waals surface area contributed by atoms with E-state index < -0.39 is 11.0 Å². The molecule has 4 aliphatic rings. The molecule has 0 aromatic heterocycles. The normalized spacial score (nSPS) is 31.3. The molecule has 3 fully saturated rings. The van der Waals surface area contributed by atoms with Crippen molar-refractivity contribution in [1.82, 2.24) is 9.80 Å². The molecule has 1 N–H and O–H groups in total. The lowest BCUT2D eigenvalue weighted by Gasteiger charge is -2.51. The number of piperidine rings is 1. The molecule has 3 saturated heterocycles. The van der Waals surface area contributed by atoms with Crippen LogP contribution in [-0.4, -0.2) is 54.2 Å². The summed E-state index contributed by atoms with van der Waals surface area (Å²) < 4.78 is 0. The lowest BCUT2D eigenvalue weighted by atomic mass is 9.55. The lowest BCUT2D eigenvalue weighted by Crippen LogP contribution is -2.65. The molecular weight excluding hydrogens is 529 g/mol. The van der Waals surface area contributed by atoms with Crippen molar-refractivity contribution in [1.29, 1.82) is 0 Å². The molecule has 0 unspecified atom stereocenters. The summed E-state index contributed by atoms with van der Waals surface area (Å²) in [6.07, 6.45) is 3.78. The second-order valence-electron chi connectivity index (χ2n) is 11.3. The fourth-order valence-electron chi connectivity index (χ4n) is 8.15. The van der Waals surface area contributed by atoms with Crippen LogP contribution < -0.4 is 5.32 Å². The van der Waals surface area contributed by atoms with Gasteiger partial charge in [-0.3, -0.25) is 14.5 Å². The predicted octanol–water partition coefficient (Wildman–Crippen LogP) is 5.99. The van der Waals surface area contributed by atoms with Crippen LogP contribution in [0.25, 0.3) is 6.08 Å². The Labute approximate surface area is 238 Å². The number of Topliss-reactive ketones (excluding diaryl/α,β-unsaturated/α-hetero) is 1. The number of likely N-dealkylation sites (tertiary alicyclic amines) is 1. The number of para-hydroxylation sites is 1. The summed E-state index contributed by atoms with van der Waals surface area (Å²) in [6.45, 7) is 1.66. The Morgan fingerprint density at radius 2 is 1.67 bits per heavy atom. The van der Waals surface area contributed by atoms with Crippen molar-refractivity contribution in [2.24, 2.45) is 5.41 Å². The number of nitrogens with zero attached hydrogens (tertiary/aromatic N) is 2. The molecule has 5 nitrogen and oxygen atoms in total. The Morgan fingerprint density at radius 1 is 0.949 bits per heavy atom. The maximum atomic E-state index is 15.3. The highest BCUT2D eigenvalue weighted by Crippen LogP contribution is 2.69. The minimum atomic E-state index is -1.15. The number of halogens is 2. The molecular formula is C32H29Cl2N3O2. The first-order valence-electron chi connectivity index (χ1n) is 13.5. The molecule has 0 radical (unpaired) electrons. The van der Waals surface area contributed by atoms with E-state index >= 15 is 4.79 Å². The molecule has 1 amide bonds. The number of hydrogen-bond acceptors (Lipinski definition) is 4. The number of anilines is 1. The minimum Gasteiger partial charge on any atom is -0.324 e. The molecule has 3 aromatic rings. The first-order chi connectivity index (χ1) is 18.9. The maximum absolute atomic E-state index is 15.3. The van der Waals surface area contributed by atoms with Gasteiger partial charge in [0.1, 0.15) is 5.54 Å².